The summed E-state index contributed by atoms with van der Waals surface area (Å²) in [7, 11) is -2.31. The first kappa shape index (κ1) is 21.5. The smallest absolute Gasteiger partial charge is 0.266 e. The van der Waals surface area contributed by atoms with Crippen LogP contribution in [0, 0.1) is 12.7 Å². The number of sulfonamides is 1. The quantitative estimate of drug-likeness (QED) is 0.627. The van der Waals surface area contributed by atoms with Crippen molar-refractivity contribution >= 4 is 33.0 Å². The van der Waals surface area contributed by atoms with E-state index in [1.807, 2.05) is 0 Å². The number of rotatable bonds is 5. The summed E-state index contributed by atoms with van der Waals surface area (Å²) >= 11 is 1.22. The van der Waals surface area contributed by atoms with Crippen molar-refractivity contribution in [3.05, 3.63) is 52.9 Å². The predicted octanol–water partition coefficient (Wildman–Crippen LogP) is 2.87. The summed E-state index contributed by atoms with van der Waals surface area (Å²) in [6.45, 7) is 3.82. The maximum atomic E-state index is 13.9. The predicted molar refractivity (Wildman–Crippen MR) is 115 cm³/mol. The number of ether oxygens (including phenoxy) is 1. The lowest BCUT2D eigenvalue weighted by atomic mass is 10.3. The van der Waals surface area contributed by atoms with Gasteiger partial charge in [0.05, 0.1) is 30.3 Å². The van der Waals surface area contributed by atoms with Crippen LogP contribution in [0.2, 0.25) is 0 Å². The van der Waals surface area contributed by atoms with E-state index >= 15 is 0 Å². The van der Waals surface area contributed by atoms with Gasteiger partial charge in [-0.25, -0.2) is 17.8 Å². The summed E-state index contributed by atoms with van der Waals surface area (Å²) in [6, 6.07) is 7.02. The van der Waals surface area contributed by atoms with Gasteiger partial charge in [-0.3, -0.25) is 9.52 Å². The number of para-hydroxylation sites is 1. The van der Waals surface area contributed by atoms with Crippen LogP contribution >= 0.6 is 11.3 Å². The molecule has 11 heteroatoms. The van der Waals surface area contributed by atoms with E-state index in [4.69, 9.17) is 4.74 Å². The number of carbonyl (C=O) groups excluding carboxylic acids is 1. The lowest BCUT2D eigenvalue weighted by Gasteiger charge is -2.26. The van der Waals surface area contributed by atoms with Crippen LogP contribution in [0.3, 0.4) is 0 Å². The van der Waals surface area contributed by atoms with Crippen LogP contribution in [-0.4, -0.2) is 55.1 Å². The maximum absolute atomic E-state index is 13.9. The van der Waals surface area contributed by atoms with Gasteiger partial charge in [0.15, 0.2) is 0 Å². The molecule has 0 aliphatic carbocycles. The van der Waals surface area contributed by atoms with Crippen LogP contribution in [0.5, 0.6) is 0 Å². The number of nitrogens with zero attached hydrogens (tertiary/aromatic N) is 3. The first-order chi connectivity index (χ1) is 14.8. The first-order valence-electron chi connectivity index (χ1n) is 9.55. The highest BCUT2D eigenvalue weighted by molar-refractivity contribution is 7.92. The summed E-state index contributed by atoms with van der Waals surface area (Å²) in [5.74, 6) is -0.767. The Morgan fingerprint density at radius 2 is 1.97 bits per heavy atom. The zero-order chi connectivity index (χ0) is 22.2. The van der Waals surface area contributed by atoms with Crippen LogP contribution in [0.15, 0.2) is 41.4 Å². The second-order valence-electron chi connectivity index (χ2n) is 7.10. The van der Waals surface area contributed by atoms with Gasteiger partial charge in [-0.15, -0.1) is 11.3 Å². The number of morpholine rings is 1. The number of nitrogens with one attached hydrogen (secondary N) is 1. The minimum atomic E-state index is -4.01. The molecule has 1 N–H and O–H groups in total. The molecule has 1 aliphatic rings. The molecule has 1 fully saturated rings. The van der Waals surface area contributed by atoms with Crippen molar-refractivity contribution in [3.8, 4) is 10.7 Å². The van der Waals surface area contributed by atoms with Crippen molar-refractivity contribution in [2.45, 2.75) is 11.8 Å². The number of aromatic nitrogens is 2. The Balaban J connectivity index is 1.62. The molecule has 0 bridgehead atoms. The molecule has 4 rings (SSSR count). The molecule has 164 valence electrons. The number of thiazole rings is 1. The molecule has 2 aromatic heterocycles. The molecule has 0 saturated carbocycles. The first-order valence-corrected chi connectivity index (χ1v) is 11.8. The lowest BCUT2D eigenvalue weighted by Crippen LogP contribution is -2.40. The highest BCUT2D eigenvalue weighted by Crippen LogP contribution is 2.31. The number of halogens is 1. The minimum Gasteiger partial charge on any atom is -0.378 e. The molecule has 3 heterocycles. The molecule has 3 aromatic rings. The molecule has 0 spiro atoms. The summed E-state index contributed by atoms with van der Waals surface area (Å²) < 4.78 is 48.6. The second kappa shape index (κ2) is 8.40. The Bertz CT molecular complexity index is 1230. The summed E-state index contributed by atoms with van der Waals surface area (Å²) in [5.41, 5.74) is 1.01. The molecule has 1 aliphatic heterocycles. The second-order valence-corrected chi connectivity index (χ2v) is 9.78. The number of anilines is 1. The Hall–Kier alpha value is -2.76. The number of hydrogen-bond donors (Lipinski definition) is 1. The number of benzene rings is 1. The average molecular weight is 465 g/mol. The van der Waals surface area contributed by atoms with Crippen molar-refractivity contribution in [1.82, 2.24) is 14.5 Å². The topological polar surface area (TPSA) is 93.5 Å². The van der Waals surface area contributed by atoms with Gasteiger partial charge in [0, 0.05) is 26.3 Å². The third-order valence-corrected chi connectivity index (χ3v) is 7.42. The van der Waals surface area contributed by atoms with Crippen LogP contribution < -0.4 is 4.72 Å². The Kier molecular flexibility index (Phi) is 5.82. The number of aryl methyl sites for hydroxylation is 2. The van der Waals surface area contributed by atoms with Gasteiger partial charge in [-0.2, -0.15) is 0 Å². The number of amides is 1. The summed E-state index contributed by atoms with van der Waals surface area (Å²) in [5, 5.41) is 0.531. The zero-order valence-corrected chi connectivity index (χ0v) is 18.6. The van der Waals surface area contributed by atoms with Gasteiger partial charge in [0.2, 0.25) is 0 Å². The Morgan fingerprint density at radius 1 is 1.26 bits per heavy atom. The standard InChI is InChI=1S/C20H21FN4O4S2/c1-13-18(20(26)25-7-9-29-10-8-25)30-19(22-13)17-11-14(12-24(17)2)31(27,28)23-16-6-4-3-5-15(16)21/h3-6,11-12,23H,7-10H2,1-2H3. The van der Waals surface area contributed by atoms with E-state index in [0.29, 0.717) is 47.6 Å². The van der Waals surface area contributed by atoms with Crippen LogP contribution in [0.4, 0.5) is 10.1 Å². The maximum Gasteiger partial charge on any atom is 0.266 e. The Labute approximate surface area is 183 Å². The third-order valence-electron chi connectivity index (χ3n) is 4.92. The van der Waals surface area contributed by atoms with Crippen LogP contribution in [-0.2, 0) is 21.8 Å². The average Bonchev–Trinajstić information content (AvgIpc) is 3.33. The van der Waals surface area contributed by atoms with Gasteiger partial charge in [0.25, 0.3) is 15.9 Å². The SMILES string of the molecule is Cc1nc(-c2cc(S(=O)(=O)Nc3ccccc3F)cn2C)sc1C(=O)N1CCOCC1. The fourth-order valence-electron chi connectivity index (χ4n) is 3.26. The van der Waals surface area contributed by atoms with E-state index in [2.05, 4.69) is 9.71 Å². The molecule has 0 unspecified atom stereocenters. The van der Waals surface area contributed by atoms with E-state index in [1.165, 1.54) is 41.8 Å². The molecule has 0 radical (unpaired) electrons. The van der Waals surface area contributed by atoms with E-state index in [1.54, 1.807) is 29.5 Å². The monoisotopic (exact) mass is 464 g/mol. The van der Waals surface area contributed by atoms with E-state index < -0.39 is 15.8 Å². The fraction of sp³-hybridized carbons (Fsp3) is 0.300. The van der Waals surface area contributed by atoms with Gasteiger partial charge in [0.1, 0.15) is 20.6 Å². The molecule has 31 heavy (non-hydrogen) atoms. The normalized spacial score (nSPS) is 14.6. The third kappa shape index (κ3) is 4.34. The van der Waals surface area contributed by atoms with E-state index in [0.717, 1.165) is 0 Å². The van der Waals surface area contributed by atoms with E-state index in [9.17, 15) is 17.6 Å². The van der Waals surface area contributed by atoms with Crippen molar-refractivity contribution in [2.24, 2.45) is 7.05 Å². The lowest BCUT2D eigenvalue weighted by molar-refractivity contribution is 0.0305. The Morgan fingerprint density at radius 3 is 2.68 bits per heavy atom. The molecule has 8 nitrogen and oxygen atoms in total. The fourth-order valence-corrected chi connectivity index (χ4v) is 5.49. The van der Waals surface area contributed by atoms with Crippen molar-refractivity contribution in [1.29, 1.82) is 0 Å². The number of hydrogen-bond acceptors (Lipinski definition) is 6. The van der Waals surface area contributed by atoms with Crippen molar-refractivity contribution in [2.75, 3.05) is 31.0 Å². The molecule has 1 amide bonds. The van der Waals surface area contributed by atoms with Crippen molar-refractivity contribution < 1.29 is 22.3 Å². The summed E-state index contributed by atoms with van der Waals surface area (Å²) in [4.78, 5) is 19.6. The van der Waals surface area contributed by atoms with Gasteiger partial charge < -0.3 is 14.2 Å². The molecular weight excluding hydrogens is 443 g/mol. The van der Waals surface area contributed by atoms with Crippen LogP contribution in [0.1, 0.15) is 15.4 Å². The highest BCUT2D eigenvalue weighted by Gasteiger charge is 2.26. The largest absolute Gasteiger partial charge is 0.378 e. The molecular formula is C20H21FN4O4S2. The molecule has 1 saturated heterocycles. The zero-order valence-electron chi connectivity index (χ0n) is 17.0. The summed E-state index contributed by atoms with van der Waals surface area (Å²) in [6.07, 6.45) is 1.43. The molecule has 1 aromatic carbocycles. The van der Waals surface area contributed by atoms with Crippen molar-refractivity contribution in [3.63, 3.8) is 0 Å². The van der Waals surface area contributed by atoms with Gasteiger partial charge in [-0.1, -0.05) is 12.1 Å². The highest BCUT2D eigenvalue weighted by atomic mass is 32.2. The van der Waals surface area contributed by atoms with Gasteiger partial charge >= 0.3 is 0 Å². The minimum absolute atomic E-state index is 0.0258. The number of carbonyl (C=O) groups is 1. The van der Waals surface area contributed by atoms with E-state index in [-0.39, 0.29) is 16.5 Å². The van der Waals surface area contributed by atoms with Gasteiger partial charge in [-0.05, 0) is 25.1 Å². The van der Waals surface area contributed by atoms with Crippen LogP contribution in [0.25, 0.3) is 10.7 Å². The molecule has 0 atom stereocenters.